The van der Waals surface area contributed by atoms with Crippen molar-refractivity contribution in [2.75, 3.05) is 10.6 Å². The summed E-state index contributed by atoms with van der Waals surface area (Å²) in [6, 6.07) is 9.17. The SMILES string of the molecule is CC(=O)Nc1cccc(Nc2cc(C(=O)NC3CC3)nc(C)n2)c1. The number of aromatic nitrogens is 2. The lowest BCUT2D eigenvalue weighted by Crippen LogP contribution is -2.26. The second kappa shape index (κ2) is 6.66. The molecule has 1 aromatic carbocycles. The van der Waals surface area contributed by atoms with E-state index < -0.39 is 0 Å². The number of anilines is 3. The van der Waals surface area contributed by atoms with Gasteiger partial charge in [0.1, 0.15) is 17.3 Å². The maximum absolute atomic E-state index is 12.2. The molecule has 1 aliphatic rings. The molecule has 0 spiro atoms. The Balaban J connectivity index is 1.78. The Morgan fingerprint density at radius 1 is 1.12 bits per heavy atom. The van der Waals surface area contributed by atoms with Crippen LogP contribution in [0.2, 0.25) is 0 Å². The normalized spacial score (nSPS) is 13.2. The molecule has 1 heterocycles. The molecule has 24 heavy (non-hydrogen) atoms. The molecule has 0 atom stereocenters. The second-order valence-corrected chi connectivity index (χ2v) is 5.82. The Morgan fingerprint density at radius 3 is 2.58 bits per heavy atom. The van der Waals surface area contributed by atoms with Gasteiger partial charge in [-0.3, -0.25) is 9.59 Å². The Hall–Kier alpha value is -2.96. The molecule has 1 fully saturated rings. The molecule has 1 aliphatic carbocycles. The summed E-state index contributed by atoms with van der Waals surface area (Å²) >= 11 is 0. The quantitative estimate of drug-likeness (QED) is 0.784. The predicted molar refractivity (Wildman–Crippen MR) is 91.3 cm³/mol. The van der Waals surface area contributed by atoms with Gasteiger partial charge in [0.05, 0.1) is 0 Å². The molecular weight excluding hydrogens is 306 g/mol. The lowest BCUT2D eigenvalue weighted by Gasteiger charge is -2.10. The zero-order valence-corrected chi connectivity index (χ0v) is 13.6. The van der Waals surface area contributed by atoms with E-state index in [-0.39, 0.29) is 17.9 Å². The van der Waals surface area contributed by atoms with Crippen molar-refractivity contribution in [3.05, 3.63) is 41.9 Å². The first-order valence-corrected chi connectivity index (χ1v) is 7.81. The summed E-state index contributed by atoms with van der Waals surface area (Å²) in [7, 11) is 0. The topological polar surface area (TPSA) is 96.0 Å². The van der Waals surface area contributed by atoms with Crippen molar-refractivity contribution in [1.29, 1.82) is 0 Å². The minimum Gasteiger partial charge on any atom is -0.348 e. The van der Waals surface area contributed by atoms with Gasteiger partial charge in [0, 0.05) is 30.4 Å². The Morgan fingerprint density at radius 2 is 1.88 bits per heavy atom. The van der Waals surface area contributed by atoms with Crippen molar-refractivity contribution in [3.63, 3.8) is 0 Å². The van der Waals surface area contributed by atoms with Gasteiger partial charge in [0.15, 0.2) is 0 Å². The standard InChI is InChI=1S/C17H19N5O2/c1-10-18-15(17(24)22-12-6-7-12)9-16(19-10)21-14-5-3-4-13(8-14)20-11(2)23/h3-5,8-9,12H,6-7H2,1-2H3,(H,20,23)(H,22,24)(H,18,19,21). The summed E-state index contributed by atoms with van der Waals surface area (Å²) in [5, 5.41) is 8.78. The molecule has 0 bridgehead atoms. The summed E-state index contributed by atoms with van der Waals surface area (Å²) in [6.07, 6.45) is 2.05. The van der Waals surface area contributed by atoms with Crippen molar-refractivity contribution in [2.45, 2.75) is 32.7 Å². The summed E-state index contributed by atoms with van der Waals surface area (Å²) in [6.45, 7) is 3.20. The number of hydrogen-bond acceptors (Lipinski definition) is 5. The minimum absolute atomic E-state index is 0.135. The fourth-order valence-electron chi connectivity index (χ4n) is 2.26. The van der Waals surface area contributed by atoms with Crippen molar-refractivity contribution in [1.82, 2.24) is 15.3 Å². The van der Waals surface area contributed by atoms with Crippen LogP contribution in [0.25, 0.3) is 0 Å². The van der Waals surface area contributed by atoms with Crippen molar-refractivity contribution in [2.24, 2.45) is 0 Å². The minimum atomic E-state index is -0.182. The van der Waals surface area contributed by atoms with Crippen LogP contribution in [0.5, 0.6) is 0 Å². The second-order valence-electron chi connectivity index (χ2n) is 5.82. The van der Waals surface area contributed by atoms with Crippen molar-refractivity contribution in [3.8, 4) is 0 Å². The Kier molecular flexibility index (Phi) is 4.41. The lowest BCUT2D eigenvalue weighted by molar-refractivity contribution is -0.114. The van der Waals surface area contributed by atoms with Crippen LogP contribution in [-0.2, 0) is 4.79 Å². The summed E-state index contributed by atoms with van der Waals surface area (Å²) in [5.41, 5.74) is 1.78. The molecule has 0 radical (unpaired) electrons. The zero-order valence-electron chi connectivity index (χ0n) is 13.6. The van der Waals surface area contributed by atoms with Gasteiger partial charge >= 0.3 is 0 Å². The number of benzene rings is 1. The molecule has 1 aromatic heterocycles. The van der Waals surface area contributed by atoms with Gasteiger partial charge in [-0.25, -0.2) is 9.97 Å². The van der Waals surface area contributed by atoms with Gasteiger partial charge in [0.25, 0.3) is 5.91 Å². The fourth-order valence-corrected chi connectivity index (χ4v) is 2.26. The molecular formula is C17H19N5O2. The first-order chi connectivity index (χ1) is 11.5. The van der Waals surface area contributed by atoms with Crippen molar-refractivity contribution >= 4 is 29.0 Å². The highest BCUT2D eigenvalue weighted by Gasteiger charge is 2.24. The molecule has 0 unspecified atom stereocenters. The van der Waals surface area contributed by atoms with Crippen LogP contribution in [0.4, 0.5) is 17.2 Å². The van der Waals surface area contributed by atoms with E-state index in [4.69, 9.17) is 0 Å². The third-order valence-electron chi connectivity index (χ3n) is 3.44. The molecule has 1 saturated carbocycles. The number of nitrogens with zero attached hydrogens (tertiary/aromatic N) is 2. The lowest BCUT2D eigenvalue weighted by atomic mass is 10.2. The number of amides is 2. The Labute approximate surface area is 139 Å². The summed E-state index contributed by atoms with van der Waals surface area (Å²) in [4.78, 5) is 31.8. The molecule has 3 rings (SSSR count). The molecule has 2 aromatic rings. The van der Waals surface area contributed by atoms with E-state index in [2.05, 4.69) is 25.9 Å². The molecule has 2 amide bonds. The van der Waals surface area contributed by atoms with Crippen LogP contribution in [-0.4, -0.2) is 27.8 Å². The molecule has 3 N–H and O–H groups in total. The number of rotatable bonds is 5. The molecule has 0 aliphatic heterocycles. The van der Waals surface area contributed by atoms with E-state index >= 15 is 0 Å². The van der Waals surface area contributed by atoms with Gasteiger partial charge in [0.2, 0.25) is 5.91 Å². The molecule has 0 saturated heterocycles. The predicted octanol–water partition coefficient (Wildman–Crippen LogP) is 2.38. The molecule has 7 heteroatoms. The maximum atomic E-state index is 12.2. The number of aryl methyl sites for hydroxylation is 1. The zero-order chi connectivity index (χ0) is 17.1. The number of nitrogens with one attached hydrogen (secondary N) is 3. The highest BCUT2D eigenvalue weighted by atomic mass is 16.2. The molecule has 124 valence electrons. The van der Waals surface area contributed by atoms with E-state index in [0.29, 0.717) is 23.0 Å². The van der Waals surface area contributed by atoms with E-state index in [9.17, 15) is 9.59 Å². The van der Waals surface area contributed by atoms with E-state index in [1.54, 1.807) is 25.1 Å². The number of carbonyl (C=O) groups excluding carboxylic acids is 2. The first-order valence-electron chi connectivity index (χ1n) is 7.81. The number of carbonyl (C=O) groups is 2. The third kappa shape index (κ3) is 4.28. The first kappa shape index (κ1) is 15.9. The van der Waals surface area contributed by atoms with Gasteiger partial charge in [-0.15, -0.1) is 0 Å². The average Bonchev–Trinajstić information content (AvgIpc) is 3.30. The van der Waals surface area contributed by atoms with Gasteiger partial charge in [-0.05, 0) is 38.0 Å². The highest BCUT2D eigenvalue weighted by molar-refractivity contribution is 5.93. The van der Waals surface area contributed by atoms with Crippen LogP contribution in [0.1, 0.15) is 36.1 Å². The summed E-state index contributed by atoms with van der Waals surface area (Å²) in [5.74, 6) is 0.726. The monoisotopic (exact) mass is 325 g/mol. The average molecular weight is 325 g/mol. The van der Waals surface area contributed by atoms with E-state index in [1.165, 1.54) is 6.92 Å². The van der Waals surface area contributed by atoms with Gasteiger partial charge < -0.3 is 16.0 Å². The molecule has 7 nitrogen and oxygen atoms in total. The fraction of sp³-hybridized carbons (Fsp3) is 0.294. The van der Waals surface area contributed by atoms with E-state index in [0.717, 1.165) is 18.5 Å². The maximum Gasteiger partial charge on any atom is 0.270 e. The van der Waals surface area contributed by atoms with Crippen LogP contribution in [0.3, 0.4) is 0 Å². The van der Waals surface area contributed by atoms with Gasteiger partial charge in [-0.1, -0.05) is 6.07 Å². The Bertz CT molecular complexity index is 786. The van der Waals surface area contributed by atoms with Crippen LogP contribution in [0.15, 0.2) is 30.3 Å². The largest absolute Gasteiger partial charge is 0.348 e. The smallest absolute Gasteiger partial charge is 0.270 e. The van der Waals surface area contributed by atoms with Crippen LogP contribution >= 0.6 is 0 Å². The number of hydrogen-bond donors (Lipinski definition) is 3. The third-order valence-corrected chi connectivity index (χ3v) is 3.44. The van der Waals surface area contributed by atoms with E-state index in [1.807, 2.05) is 12.1 Å². The van der Waals surface area contributed by atoms with Crippen LogP contribution in [0, 0.1) is 6.92 Å². The van der Waals surface area contributed by atoms with Crippen LogP contribution < -0.4 is 16.0 Å². The highest BCUT2D eigenvalue weighted by Crippen LogP contribution is 2.21. The van der Waals surface area contributed by atoms with Crippen molar-refractivity contribution < 1.29 is 9.59 Å². The van der Waals surface area contributed by atoms with Gasteiger partial charge in [-0.2, -0.15) is 0 Å². The summed E-state index contributed by atoms with van der Waals surface area (Å²) < 4.78 is 0.